The molecule has 1 aromatic heterocycles. The minimum Gasteiger partial charge on any atom is -0.497 e. The lowest BCUT2D eigenvalue weighted by Gasteiger charge is -2.17. The van der Waals surface area contributed by atoms with Gasteiger partial charge in [-0.3, -0.25) is 9.59 Å². The SMILES string of the molecule is COc1ccc(N2CC(C(=O)Nc3sc4c(c3C#N)CCCC4)CC2=O)cc1. The summed E-state index contributed by atoms with van der Waals surface area (Å²) in [6.45, 7) is 0.337. The molecular weight excluding hydrogens is 374 g/mol. The first kappa shape index (κ1) is 18.5. The zero-order chi connectivity index (χ0) is 19.7. The lowest BCUT2D eigenvalue weighted by molar-refractivity contribution is -0.122. The fourth-order valence-electron chi connectivity index (χ4n) is 3.88. The third-order valence-corrected chi connectivity index (χ3v) is 6.61. The first-order chi connectivity index (χ1) is 13.6. The number of carbonyl (C=O) groups is 2. The van der Waals surface area contributed by atoms with Crippen molar-refractivity contribution in [1.29, 1.82) is 5.26 Å². The number of anilines is 2. The molecule has 1 N–H and O–H groups in total. The number of carbonyl (C=O) groups excluding carboxylic acids is 2. The van der Waals surface area contributed by atoms with Crippen molar-refractivity contribution in [2.75, 3.05) is 23.9 Å². The topological polar surface area (TPSA) is 82.4 Å². The van der Waals surface area contributed by atoms with Crippen LogP contribution in [0.5, 0.6) is 5.75 Å². The Kier molecular flexibility index (Phi) is 5.05. The summed E-state index contributed by atoms with van der Waals surface area (Å²) in [5, 5.41) is 13.1. The van der Waals surface area contributed by atoms with Crippen molar-refractivity contribution < 1.29 is 14.3 Å². The van der Waals surface area contributed by atoms with Gasteiger partial charge in [-0.15, -0.1) is 11.3 Å². The van der Waals surface area contributed by atoms with Crippen LogP contribution >= 0.6 is 11.3 Å². The maximum absolute atomic E-state index is 12.8. The molecule has 2 aliphatic rings. The number of nitrogens with zero attached hydrogens (tertiary/aromatic N) is 2. The van der Waals surface area contributed by atoms with Gasteiger partial charge in [-0.2, -0.15) is 5.26 Å². The average molecular weight is 395 g/mol. The second kappa shape index (κ2) is 7.64. The standard InChI is InChI=1S/C21H21N3O3S/c1-27-15-8-6-14(7-9-15)24-12-13(10-19(24)25)20(26)23-21-17(11-22)16-4-2-3-5-18(16)28-21/h6-9,13H,2-5,10,12H2,1H3,(H,23,26). The van der Waals surface area contributed by atoms with Crippen molar-refractivity contribution in [3.05, 3.63) is 40.3 Å². The van der Waals surface area contributed by atoms with Crippen LogP contribution in [0.3, 0.4) is 0 Å². The van der Waals surface area contributed by atoms with E-state index in [1.54, 1.807) is 24.1 Å². The van der Waals surface area contributed by atoms with E-state index in [9.17, 15) is 14.9 Å². The van der Waals surface area contributed by atoms with Crippen LogP contribution in [0.15, 0.2) is 24.3 Å². The van der Waals surface area contributed by atoms with Crippen LogP contribution in [0.4, 0.5) is 10.7 Å². The number of aryl methyl sites for hydroxylation is 1. The molecule has 6 nitrogen and oxygen atoms in total. The van der Waals surface area contributed by atoms with Gasteiger partial charge in [0.15, 0.2) is 0 Å². The van der Waals surface area contributed by atoms with E-state index < -0.39 is 5.92 Å². The predicted molar refractivity (Wildman–Crippen MR) is 108 cm³/mol. The molecule has 0 bridgehead atoms. The molecule has 28 heavy (non-hydrogen) atoms. The summed E-state index contributed by atoms with van der Waals surface area (Å²) in [5.74, 6) is 0.0198. The number of fused-ring (bicyclic) bond motifs is 1. The van der Waals surface area contributed by atoms with Crippen molar-refractivity contribution in [3.63, 3.8) is 0 Å². The second-order valence-electron chi connectivity index (χ2n) is 7.12. The van der Waals surface area contributed by atoms with E-state index in [0.717, 1.165) is 42.7 Å². The largest absolute Gasteiger partial charge is 0.497 e. The van der Waals surface area contributed by atoms with Crippen molar-refractivity contribution in [2.24, 2.45) is 5.92 Å². The summed E-state index contributed by atoms with van der Waals surface area (Å²) < 4.78 is 5.15. The number of methoxy groups -OCH3 is 1. The van der Waals surface area contributed by atoms with Gasteiger partial charge in [-0.25, -0.2) is 0 Å². The molecule has 0 radical (unpaired) electrons. The quantitative estimate of drug-likeness (QED) is 0.859. The number of hydrogen-bond donors (Lipinski definition) is 1. The van der Waals surface area contributed by atoms with Gasteiger partial charge in [-0.05, 0) is 55.5 Å². The van der Waals surface area contributed by atoms with Gasteiger partial charge < -0.3 is 15.0 Å². The maximum atomic E-state index is 12.8. The highest BCUT2D eigenvalue weighted by Gasteiger charge is 2.36. The molecule has 1 fully saturated rings. The Bertz CT molecular complexity index is 959. The van der Waals surface area contributed by atoms with E-state index >= 15 is 0 Å². The fourth-order valence-corrected chi connectivity index (χ4v) is 5.12. The predicted octanol–water partition coefficient (Wildman–Crippen LogP) is 3.50. The van der Waals surface area contributed by atoms with E-state index in [2.05, 4.69) is 11.4 Å². The van der Waals surface area contributed by atoms with E-state index in [4.69, 9.17) is 4.74 Å². The summed E-state index contributed by atoms with van der Waals surface area (Å²) in [5.41, 5.74) is 2.45. The third-order valence-electron chi connectivity index (χ3n) is 5.40. The maximum Gasteiger partial charge on any atom is 0.230 e. The summed E-state index contributed by atoms with van der Waals surface area (Å²) in [6, 6.07) is 9.49. The van der Waals surface area contributed by atoms with Gasteiger partial charge in [-0.1, -0.05) is 0 Å². The summed E-state index contributed by atoms with van der Waals surface area (Å²) in [4.78, 5) is 28.1. The molecule has 1 saturated heterocycles. The number of benzene rings is 1. The van der Waals surface area contributed by atoms with Gasteiger partial charge >= 0.3 is 0 Å². The zero-order valence-electron chi connectivity index (χ0n) is 15.7. The monoisotopic (exact) mass is 395 g/mol. The normalized spacial score (nSPS) is 18.5. The summed E-state index contributed by atoms with van der Waals surface area (Å²) in [7, 11) is 1.59. The Balaban J connectivity index is 1.48. The Morgan fingerprint density at radius 3 is 2.75 bits per heavy atom. The smallest absolute Gasteiger partial charge is 0.230 e. The highest BCUT2D eigenvalue weighted by molar-refractivity contribution is 7.16. The molecule has 144 valence electrons. The molecular formula is C21H21N3O3S. The molecule has 4 rings (SSSR count). The molecule has 2 heterocycles. The van der Waals surface area contributed by atoms with Gasteiger partial charge in [0.1, 0.15) is 16.8 Å². The molecule has 1 unspecified atom stereocenters. The first-order valence-corrected chi connectivity index (χ1v) is 10.2. The lowest BCUT2D eigenvalue weighted by Crippen LogP contribution is -2.28. The number of rotatable bonds is 4. The summed E-state index contributed by atoms with van der Waals surface area (Å²) in [6.07, 6.45) is 4.25. The number of nitrogens with one attached hydrogen (secondary N) is 1. The molecule has 1 aromatic carbocycles. The van der Waals surface area contributed by atoms with Crippen LogP contribution in [0.1, 0.15) is 35.3 Å². The van der Waals surface area contributed by atoms with Crippen molar-refractivity contribution in [1.82, 2.24) is 0 Å². The third kappa shape index (κ3) is 3.36. The van der Waals surface area contributed by atoms with E-state index in [-0.39, 0.29) is 18.2 Å². The van der Waals surface area contributed by atoms with Gasteiger partial charge in [0.25, 0.3) is 0 Å². The van der Waals surface area contributed by atoms with Crippen molar-refractivity contribution >= 4 is 33.8 Å². The van der Waals surface area contributed by atoms with Crippen molar-refractivity contribution in [3.8, 4) is 11.8 Å². The molecule has 2 aromatic rings. The molecule has 7 heteroatoms. The van der Waals surface area contributed by atoms with Crippen LogP contribution in [0.25, 0.3) is 0 Å². The molecule has 2 amide bonds. The lowest BCUT2D eigenvalue weighted by atomic mass is 9.96. The number of nitriles is 1. The zero-order valence-corrected chi connectivity index (χ0v) is 16.5. The molecule has 0 spiro atoms. The number of amides is 2. The minimum atomic E-state index is -0.430. The Morgan fingerprint density at radius 1 is 1.29 bits per heavy atom. The van der Waals surface area contributed by atoms with Gasteiger partial charge in [0, 0.05) is 23.5 Å². The Labute approximate surface area is 167 Å². The number of ether oxygens (including phenoxy) is 1. The average Bonchev–Trinajstić information content (AvgIpc) is 3.28. The molecule has 1 aliphatic heterocycles. The molecule has 1 atom stereocenters. The second-order valence-corrected chi connectivity index (χ2v) is 8.22. The molecule has 1 aliphatic carbocycles. The molecule has 0 saturated carbocycles. The Hall–Kier alpha value is -2.85. The fraction of sp³-hybridized carbons (Fsp3) is 0.381. The van der Waals surface area contributed by atoms with Crippen LogP contribution in [0, 0.1) is 17.2 Å². The highest BCUT2D eigenvalue weighted by Crippen LogP contribution is 2.38. The van der Waals surface area contributed by atoms with Crippen LogP contribution in [-0.2, 0) is 22.4 Å². The van der Waals surface area contributed by atoms with Crippen LogP contribution in [0.2, 0.25) is 0 Å². The highest BCUT2D eigenvalue weighted by atomic mass is 32.1. The first-order valence-electron chi connectivity index (χ1n) is 9.40. The van der Waals surface area contributed by atoms with Crippen LogP contribution in [-0.4, -0.2) is 25.5 Å². The van der Waals surface area contributed by atoms with E-state index in [0.29, 0.717) is 17.1 Å². The minimum absolute atomic E-state index is 0.0729. The van der Waals surface area contributed by atoms with Crippen LogP contribution < -0.4 is 15.0 Å². The van der Waals surface area contributed by atoms with Gasteiger partial charge in [0.05, 0.1) is 18.6 Å². The van der Waals surface area contributed by atoms with E-state index in [1.165, 1.54) is 16.2 Å². The number of thiophene rings is 1. The van der Waals surface area contributed by atoms with E-state index in [1.807, 2.05) is 12.1 Å². The van der Waals surface area contributed by atoms with Gasteiger partial charge in [0.2, 0.25) is 11.8 Å². The Morgan fingerprint density at radius 2 is 2.04 bits per heavy atom. The number of hydrogen-bond acceptors (Lipinski definition) is 5. The summed E-state index contributed by atoms with van der Waals surface area (Å²) >= 11 is 1.51. The van der Waals surface area contributed by atoms with Crippen molar-refractivity contribution in [2.45, 2.75) is 32.1 Å².